The summed E-state index contributed by atoms with van der Waals surface area (Å²) in [5, 5.41) is 10.4. The summed E-state index contributed by atoms with van der Waals surface area (Å²) in [6, 6.07) is 15.1. The minimum atomic E-state index is -1.64. The van der Waals surface area contributed by atoms with Crippen LogP contribution >= 0.6 is 0 Å². The topological polar surface area (TPSA) is 90.4 Å². The Morgan fingerprint density at radius 1 is 1.14 bits per heavy atom. The number of ketones is 1. The number of nitrogens with two attached hydrogens (primary N) is 1. The first-order valence-corrected chi connectivity index (χ1v) is 11.4. The van der Waals surface area contributed by atoms with E-state index in [2.05, 4.69) is 12.6 Å². The molecule has 2 aromatic carbocycles. The van der Waals surface area contributed by atoms with E-state index in [1.807, 2.05) is 19.9 Å². The number of carbonyl (C=O) groups is 2. The maximum atomic E-state index is 14.3. The third kappa shape index (κ3) is 2.99. The van der Waals surface area contributed by atoms with Crippen molar-refractivity contribution in [2.45, 2.75) is 32.1 Å². The van der Waals surface area contributed by atoms with Crippen LogP contribution in [-0.4, -0.2) is 18.2 Å². The molecule has 5 rings (SSSR count). The zero-order valence-corrected chi connectivity index (χ0v) is 19.6. The van der Waals surface area contributed by atoms with E-state index in [-0.39, 0.29) is 35.7 Å². The monoisotopic (exact) mass is 468 g/mol. The molecule has 2 aliphatic heterocycles. The number of rotatable bonds is 3. The average molecular weight is 469 g/mol. The highest BCUT2D eigenvalue weighted by atomic mass is 19.1. The number of amides is 1. The maximum absolute atomic E-state index is 14.3. The molecular formula is C28H25FN4O2. The van der Waals surface area contributed by atoms with Gasteiger partial charge in [0.15, 0.2) is 5.78 Å². The van der Waals surface area contributed by atoms with E-state index in [0.29, 0.717) is 29.1 Å². The Balaban J connectivity index is 1.90. The molecule has 0 saturated carbocycles. The number of halogens is 1. The lowest BCUT2D eigenvalue weighted by atomic mass is 9.60. The highest BCUT2D eigenvalue weighted by Gasteiger charge is 2.63. The molecular weight excluding hydrogens is 443 g/mol. The van der Waals surface area contributed by atoms with Crippen molar-refractivity contribution in [3.63, 3.8) is 0 Å². The number of nitriles is 1. The molecule has 1 aliphatic carbocycles. The standard InChI is InChI=1S/C28H25FN4O2/c1-4-13-32-21-8-6-5-7-19(21)28(26(32)35)20(16-30)25(31)33(18-11-9-17(29)10-12-18)22-14-27(2,3)15-23(34)24(22)28/h4-12H,1,13-15,31H2,2-3H3. The van der Waals surface area contributed by atoms with Crippen LogP contribution in [0.25, 0.3) is 0 Å². The van der Waals surface area contributed by atoms with Gasteiger partial charge in [-0.05, 0) is 42.2 Å². The van der Waals surface area contributed by atoms with Crippen molar-refractivity contribution in [3.05, 3.63) is 95.2 Å². The summed E-state index contributed by atoms with van der Waals surface area (Å²) in [5.74, 6) is -0.948. The molecule has 1 amide bonds. The summed E-state index contributed by atoms with van der Waals surface area (Å²) in [5.41, 5.74) is 7.19. The molecule has 0 radical (unpaired) electrons. The van der Waals surface area contributed by atoms with Crippen LogP contribution in [0.15, 0.2) is 83.9 Å². The van der Waals surface area contributed by atoms with Crippen molar-refractivity contribution in [3.8, 4) is 6.07 Å². The molecule has 2 heterocycles. The first-order chi connectivity index (χ1) is 16.7. The zero-order valence-electron chi connectivity index (χ0n) is 19.6. The fraction of sp³-hybridized carbons (Fsp3) is 0.250. The molecule has 0 aromatic heterocycles. The Morgan fingerprint density at radius 2 is 1.83 bits per heavy atom. The van der Waals surface area contributed by atoms with Gasteiger partial charge in [0.1, 0.15) is 23.1 Å². The van der Waals surface area contributed by atoms with Gasteiger partial charge in [0, 0.05) is 41.2 Å². The largest absolute Gasteiger partial charge is 0.384 e. The van der Waals surface area contributed by atoms with E-state index >= 15 is 0 Å². The van der Waals surface area contributed by atoms with Gasteiger partial charge in [0.25, 0.3) is 0 Å². The number of hydrogen-bond donors (Lipinski definition) is 1. The molecule has 0 saturated heterocycles. The van der Waals surface area contributed by atoms with Crippen LogP contribution in [0.4, 0.5) is 15.8 Å². The Bertz CT molecular complexity index is 1400. The number of nitrogens with zero attached hydrogens (tertiary/aromatic N) is 3. The smallest absolute Gasteiger partial charge is 0.248 e. The molecule has 1 spiro atoms. The molecule has 2 N–H and O–H groups in total. The number of hydrogen-bond acceptors (Lipinski definition) is 5. The Kier molecular flexibility index (Phi) is 4.95. The van der Waals surface area contributed by atoms with Gasteiger partial charge >= 0.3 is 0 Å². The Hall–Kier alpha value is -4.18. The molecule has 3 aliphatic rings. The maximum Gasteiger partial charge on any atom is 0.248 e. The van der Waals surface area contributed by atoms with Crippen LogP contribution in [0.3, 0.4) is 0 Å². The molecule has 1 atom stereocenters. The van der Waals surface area contributed by atoms with Gasteiger partial charge in [-0.15, -0.1) is 6.58 Å². The third-order valence-corrected chi connectivity index (χ3v) is 7.04. The van der Waals surface area contributed by atoms with E-state index < -0.39 is 22.6 Å². The van der Waals surface area contributed by atoms with Crippen molar-refractivity contribution < 1.29 is 14.0 Å². The van der Waals surface area contributed by atoms with E-state index in [1.165, 1.54) is 12.1 Å². The summed E-state index contributed by atoms with van der Waals surface area (Å²) >= 11 is 0. The van der Waals surface area contributed by atoms with Crippen LogP contribution in [0, 0.1) is 22.6 Å². The minimum Gasteiger partial charge on any atom is -0.384 e. The van der Waals surface area contributed by atoms with Crippen LogP contribution in [-0.2, 0) is 15.0 Å². The predicted octanol–water partition coefficient (Wildman–Crippen LogP) is 4.45. The second-order valence-corrected chi connectivity index (χ2v) is 9.92. The minimum absolute atomic E-state index is 0.00218. The van der Waals surface area contributed by atoms with E-state index in [4.69, 9.17) is 5.73 Å². The lowest BCUT2D eigenvalue weighted by Gasteiger charge is -2.47. The van der Waals surface area contributed by atoms with Crippen LogP contribution < -0.4 is 15.5 Å². The highest BCUT2D eigenvalue weighted by molar-refractivity contribution is 6.21. The third-order valence-electron chi connectivity index (χ3n) is 7.04. The fourth-order valence-corrected chi connectivity index (χ4v) is 5.75. The van der Waals surface area contributed by atoms with Crippen molar-refractivity contribution >= 4 is 23.1 Å². The Morgan fingerprint density at radius 3 is 2.49 bits per heavy atom. The number of Topliss-reactive ketones (excluding diaryl/α,β-unsaturated/α-hetero) is 1. The van der Waals surface area contributed by atoms with Crippen molar-refractivity contribution in [1.82, 2.24) is 0 Å². The van der Waals surface area contributed by atoms with Crippen molar-refractivity contribution in [1.29, 1.82) is 5.26 Å². The number of fused-ring (bicyclic) bond motifs is 3. The lowest BCUT2D eigenvalue weighted by molar-refractivity contribution is -0.125. The van der Waals surface area contributed by atoms with Gasteiger partial charge in [-0.3, -0.25) is 14.5 Å². The second-order valence-electron chi connectivity index (χ2n) is 9.92. The molecule has 0 fully saturated rings. The van der Waals surface area contributed by atoms with Gasteiger partial charge in [-0.25, -0.2) is 4.39 Å². The molecule has 6 nitrogen and oxygen atoms in total. The van der Waals surface area contributed by atoms with Gasteiger partial charge in [0.05, 0.1) is 5.57 Å². The summed E-state index contributed by atoms with van der Waals surface area (Å²) < 4.78 is 13.7. The normalized spacial score (nSPS) is 22.9. The average Bonchev–Trinajstić information content (AvgIpc) is 3.03. The zero-order chi connectivity index (χ0) is 25.1. The molecule has 2 aromatic rings. The molecule has 0 bridgehead atoms. The number of allylic oxidation sites excluding steroid dienone is 1. The van der Waals surface area contributed by atoms with Crippen LogP contribution in [0.5, 0.6) is 0 Å². The van der Waals surface area contributed by atoms with Gasteiger partial charge in [-0.2, -0.15) is 5.26 Å². The number of para-hydroxylation sites is 1. The lowest BCUT2D eigenvalue weighted by Crippen LogP contribution is -2.53. The fourth-order valence-electron chi connectivity index (χ4n) is 5.75. The molecule has 1 unspecified atom stereocenters. The van der Waals surface area contributed by atoms with Gasteiger partial charge in [-0.1, -0.05) is 38.1 Å². The van der Waals surface area contributed by atoms with E-state index in [0.717, 1.165) is 0 Å². The number of carbonyl (C=O) groups excluding carboxylic acids is 2. The first kappa shape index (κ1) is 22.6. The van der Waals surface area contributed by atoms with E-state index in [1.54, 1.807) is 46.2 Å². The van der Waals surface area contributed by atoms with Crippen molar-refractivity contribution in [2.75, 3.05) is 16.3 Å². The summed E-state index contributed by atoms with van der Waals surface area (Å²) in [6.45, 7) is 7.97. The predicted molar refractivity (Wildman–Crippen MR) is 131 cm³/mol. The number of benzene rings is 2. The highest BCUT2D eigenvalue weighted by Crippen LogP contribution is 2.58. The number of anilines is 2. The molecule has 35 heavy (non-hydrogen) atoms. The quantitative estimate of drug-likeness (QED) is 0.672. The van der Waals surface area contributed by atoms with E-state index in [9.17, 15) is 19.2 Å². The van der Waals surface area contributed by atoms with Gasteiger partial charge < -0.3 is 10.6 Å². The SMILES string of the molecule is C=CCN1C(=O)C2(C(C#N)=C(N)N(c3ccc(F)cc3)C3=C2C(=O)CC(C)(C)C3)c2ccccc21. The second kappa shape index (κ2) is 7.67. The van der Waals surface area contributed by atoms with Crippen LogP contribution in [0.2, 0.25) is 0 Å². The molecule has 7 heteroatoms. The Labute approximate surface area is 203 Å². The summed E-state index contributed by atoms with van der Waals surface area (Å²) in [4.78, 5) is 31.4. The van der Waals surface area contributed by atoms with Crippen molar-refractivity contribution in [2.24, 2.45) is 11.1 Å². The first-order valence-electron chi connectivity index (χ1n) is 11.4. The summed E-state index contributed by atoms with van der Waals surface area (Å²) in [6.07, 6.45) is 2.28. The van der Waals surface area contributed by atoms with Gasteiger partial charge in [0.2, 0.25) is 5.91 Å². The summed E-state index contributed by atoms with van der Waals surface area (Å²) in [7, 11) is 0. The molecule has 176 valence electrons. The van der Waals surface area contributed by atoms with Crippen LogP contribution in [0.1, 0.15) is 32.3 Å².